The van der Waals surface area contributed by atoms with Crippen molar-refractivity contribution < 1.29 is 13.2 Å². The lowest BCUT2D eigenvalue weighted by Gasteiger charge is -2.19. The quantitative estimate of drug-likeness (QED) is 0.345. The van der Waals surface area contributed by atoms with E-state index in [1.807, 2.05) is 19.0 Å². The minimum atomic E-state index is -3.52. The standard InChI is InChI=1S/C25H27N5O4S2/c1-29(2)11-12-30(3)24(32)18-10-9-17-13-20(23(31)27-21(17)14-18)22-15-35-25(28-22)26-16-36(33,34)19-7-5-4-6-8-19/h4-10,13-15H,11-12,16H2,1-3H3,(H,26,28)(H,27,31). The summed E-state index contributed by atoms with van der Waals surface area (Å²) in [6.07, 6.45) is 0. The van der Waals surface area contributed by atoms with E-state index in [1.165, 1.54) is 11.3 Å². The van der Waals surface area contributed by atoms with Gasteiger partial charge in [-0.1, -0.05) is 24.3 Å². The number of sulfone groups is 1. The summed E-state index contributed by atoms with van der Waals surface area (Å²) in [6, 6.07) is 15.1. The van der Waals surface area contributed by atoms with Gasteiger partial charge in [-0.25, -0.2) is 13.4 Å². The number of carbonyl (C=O) groups is 1. The van der Waals surface area contributed by atoms with E-state index in [-0.39, 0.29) is 22.2 Å². The van der Waals surface area contributed by atoms with Crippen LogP contribution >= 0.6 is 11.3 Å². The maximum Gasteiger partial charge on any atom is 0.257 e. The number of H-pyrrole nitrogens is 1. The molecule has 36 heavy (non-hydrogen) atoms. The van der Waals surface area contributed by atoms with Gasteiger partial charge in [0.15, 0.2) is 15.0 Å². The Kier molecular flexibility index (Phi) is 7.53. The zero-order chi connectivity index (χ0) is 25.9. The van der Waals surface area contributed by atoms with Crippen LogP contribution in [0.4, 0.5) is 5.13 Å². The second-order valence-electron chi connectivity index (χ2n) is 8.63. The Balaban J connectivity index is 1.52. The van der Waals surface area contributed by atoms with Gasteiger partial charge in [0.05, 0.1) is 16.2 Å². The molecule has 0 radical (unpaired) electrons. The first kappa shape index (κ1) is 25.5. The number of carbonyl (C=O) groups excluding carboxylic acids is 1. The van der Waals surface area contributed by atoms with Crippen LogP contribution < -0.4 is 10.9 Å². The average Bonchev–Trinajstić information content (AvgIpc) is 3.34. The second kappa shape index (κ2) is 10.6. The summed E-state index contributed by atoms with van der Waals surface area (Å²) in [5.74, 6) is -0.429. The van der Waals surface area contributed by atoms with Gasteiger partial charge in [-0.2, -0.15) is 0 Å². The molecule has 2 aromatic heterocycles. The van der Waals surface area contributed by atoms with Gasteiger partial charge in [0.2, 0.25) is 0 Å². The van der Waals surface area contributed by atoms with Crippen molar-refractivity contribution in [3.8, 4) is 11.3 Å². The zero-order valence-electron chi connectivity index (χ0n) is 20.2. The third-order valence-electron chi connectivity index (χ3n) is 5.62. The fourth-order valence-electron chi connectivity index (χ4n) is 3.54. The van der Waals surface area contributed by atoms with E-state index in [1.54, 1.807) is 71.9 Å². The summed E-state index contributed by atoms with van der Waals surface area (Å²) in [5.41, 5.74) is 1.50. The highest BCUT2D eigenvalue weighted by atomic mass is 32.2. The third-order valence-corrected chi connectivity index (χ3v) is 7.93. The molecule has 1 amide bonds. The van der Waals surface area contributed by atoms with Crippen molar-refractivity contribution in [2.24, 2.45) is 0 Å². The van der Waals surface area contributed by atoms with Gasteiger partial charge >= 0.3 is 0 Å². The number of likely N-dealkylation sites (N-methyl/N-ethyl adjacent to an activating group) is 2. The molecule has 0 saturated carbocycles. The number of hydrogen-bond donors (Lipinski definition) is 2. The Labute approximate surface area is 213 Å². The normalized spacial score (nSPS) is 11.7. The molecule has 0 atom stereocenters. The molecule has 2 aromatic carbocycles. The molecule has 0 aliphatic heterocycles. The number of fused-ring (bicyclic) bond motifs is 1. The molecule has 0 bridgehead atoms. The molecule has 0 fully saturated rings. The summed E-state index contributed by atoms with van der Waals surface area (Å²) in [4.78, 5) is 36.7. The Bertz CT molecular complexity index is 1550. The molecule has 188 valence electrons. The SMILES string of the molecule is CN(C)CCN(C)C(=O)c1ccc2cc(-c3csc(NCS(=O)(=O)c4ccccc4)n3)c(=O)[nH]c2c1. The van der Waals surface area contributed by atoms with Gasteiger partial charge in [-0.3, -0.25) is 9.59 Å². The lowest BCUT2D eigenvalue weighted by molar-refractivity contribution is 0.0786. The fourth-order valence-corrected chi connectivity index (χ4v) is 5.41. The first-order valence-corrected chi connectivity index (χ1v) is 13.7. The van der Waals surface area contributed by atoms with Gasteiger partial charge in [0.1, 0.15) is 5.88 Å². The highest BCUT2D eigenvalue weighted by Gasteiger charge is 2.17. The number of nitrogens with one attached hydrogen (secondary N) is 2. The minimum Gasteiger partial charge on any atom is -0.347 e. The van der Waals surface area contributed by atoms with Crippen LogP contribution in [0.15, 0.2) is 69.7 Å². The van der Waals surface area contributed by atoms with Crippen LogP contribution in [0.3, 0.4) is 0 Å². The smallest absolute Gasteiger partial charge is 0.257 e. The predicted octanol–water partition coefficient (Wildman–Crippen LogP) is 3.13. The van der Waals surface area contributed by atoms with Crippen molar-refractivity contribution in [2.45, 2.75) is 4.90 Å². The Morgan fingerprint density at radius 3 is 2.53 bits per heavy atom. The Hall–Kier alpha value is -3.54. The molecule has 0 aliphatic rings. The van der Waals surface area contributed by atoms with Crippen molar-refractivity contribution in [1.82, 2.24) is 19.8 Å². The molecule has 11 heteroatoms. The summed E-state index contributed by atoms with van der Waals surface area (Å²) in [7, 11) is 2.13. The summed E-state index contributed by atoms with van der Waals surface area (Å²) in [6.45, 7) is 1.34. The maximum absolute atomic E-state index is 12.8. The maximum atomic E-state index is 12.8. The minimum absolute atomic E-state index is 0.121. The van der Waals surface area contributed by atoms with Crippen molar-refractivity contribution in [2.75, 3.05) is 45.4 Å². The van der Waals surface area contributed by atoms with Crippen LogP contribution in [0.1, 0.15) is 10.4 Å². The van der Waals surface area contributed by atoms with Crippen LogP contribution in [0.25, 0.3) is 22.2 Å². The van der Waals surface area contributed by atoms with Crippen LogP contribution in [0.2, 0.25) is 0 Å². The lowest BCUT2D eigenvalue weighted by Crippen LogP contribution is -2.33. The van der Waals surface area contributed by atoms with E-state index in [0.29, 0.717) is 34.0 Å². The zero-order valence-corrected chi connectivity index (χ0v) is 21.8. The van der Waals surface area contributed by atoms with Gasteiger partial charge in [-0.15, -0.1) is 11.3 Å². The molecule has 4 rings (SSSR count). The molecule has 0 aliphatic carbocycles. The van der Waals surface area contributed by atoms with E-state index in [0.717, 1.165) is 11.9 Å². The number of pyridine rings is 1. The van der Waals surface area contributed by atoms with E-state index in [2.05, 4.69) is 15.3 Å². The lowest BCUT2D eigenvalue weighted by atomic mass is 10.1. The third kappa shape index (κ3) is 5.81. The van der Waals surface area contributed by atoms with Gasteiger partial charge < -0.3 is 20.1 Å². The number of nitrogens with zero attached hydrogens (tertiary/aromatic N) is 3. The van der Waals surface area contributed by atoms with Crippen LogP contribution in [-0.2, 0) is 9.84 Å². The molecule has 2 heterocycles. The number of anilines is 1. The van der Waals surface area contributed by atoms with Crippen LogP contribution in [0.5, 0.6) is 0 Å². The van der Waals surface area contributed by atoms with Crippen molar-refractivity contribution >= 4 is 43.1 Å². The molecule has 4 aromatic rings. The number of rotatable bonds is 9. The number of thiazole rings is 1. The molecule has 0 unspecified atom stereocenters. The number of aromatic amines is 1. The van der Waals surface area contributed by atoms with Gasteiger partial charge in [0, 0.05) is 36.6 Å². The number of benzene rings is 2. The fraction of sp³-hybridized carbons (Fsp3) is 0.240. The van der Waals surface area contributed by atoms with Crippen molar-refractivity contribution in [3.05, 3.63) is 75.9 Å². The summed E-state index contributed by atoms with van der Waals surface area (Å²) >= 11 is 1.22. The van der Waals surface area contributed by atoms with Crippen molar-refractivity contribution in [1.29, 1.82) is 0 Å². The van der Waals surface area contributed by atoms with E-state index < -0.39 is 9.84 Å². The Morgan fingerprint density at radius 2 is 1.81 bits per heavy atom. The molecular weight excluding hydrogens is 498 g/mol. The Morgan fingerprint density at radius 1 is 1.06 bits per heavy atom. The van der Waals surface area contributed by atoms with E-state index in [9.17, 15) is 18.0 Å². The number of hydrogen-bond acceptors (Lipinski definition) is 8. The molecular formula is C25H27N5O4S2. The topological polar surface area (TPSA) is 115 Å². The van der Waals surface area contributed by atoms with Gasteiger partial charge in [-0.05, 0) is 49.8 Å². The molecule has 2 N–H and O–H groups in total. The van der Waals surface area contributed by atoms with E-state index >= 15 is 0 Å². The summed E-state index contributed by atoms with van der Waals surface area (Å²) in [5, 5.41) is 5.69. The monoisotopic (exact) mass is 525 g/mol. The highest BCUT2D eigenvalue weighted by molar-refractivity contribution is 7.91. The van der Waals surface area contributed by atoms with Crippen LogP contribution in [-0.4, -0.2) is 74.2 Å². The highest BCUT2D eigenvalue weighted by Crippen LogP contribution is 2.25. The van der Waals surface area contributed by atoms with Gasteiger partial charge in [0.25, 0.3) is 11.5 Å². The molecule has 0 saturated heterocycles. The number of aromatic nitrogens is 2. The largest absolute Gasteiger partial charge is 0.347 e. The van der Waals surface area contributed by atoms with E-state index in [4.69, 9.17) is 0 Å². The van der Waals surface area contributed by atoms with Crippen LogP contribution in [0, 0.1) is 0 Å². The molecule has 9 nitrogen and oxygen atoms in total. The first-order chi connectivity index (χ1) is 17.1. The first-order valence-electron chi connectivity index (χ1n) is 11.2. The molecule has 0 spiro atoms. The van der Waals surface area contributed by atoms with Crippen molar-refractivity contribution in [3.63, 3.8) is 0 Å². The number of amides is 1. The average molecular weight is 526 g/mol. The summed E-state index contributed by atoms with van der Waals surface area (Å²) < 4.78 is 25.0. The second-order valence-corrected chi connectivity index (χ2v) is 11.5. The predicted molar refractivity (Wildman–Crippen MR) is 143 cm³/mol.